The number of benzene rings is 2. The molecule has 1 aliphatic rings. The predicted octanol–water partition coefficient (Wildman–Crippen LogP) is 5.29. The minimum absolute atomic E-state index is 0.0389. The summed E-state index contributed by atoms with van der Waals surface area (Å²) in [5.74, 6) is -0.0505. The van der Waals surface area contributed by atoms with Crippen molar-refractivity contribution in [2.45, 2.75) is 25.6 Å². The van der Waals surface area contributed by atoms with Crippen LogP contribution in [0.1, 0.15) is 29.5 Å². The van der Waals surface area contributed by atoms with Crippen molar-refractivity contribution in [3.05, 3.63) is 65.4 Å². The van der Waals surface area contributed by atoms with Crippen molar-refractivity contribution in [1.29, 1.82) is 0 Å². The van der Waals surface area contributed by atoms with Crippen LogP contribution in [0.2, 0.25) is 0 Å². The molecule has 1 fully saturated rings. The van der Waals surface area contributed by atoms with Gasteiger partial charge in [0.2, 0.25) is 0 Å². The fraction of sp³-hybridized carbons (Fsp3) is 0.375. The molecule has 8 heteroatoms. The second-order valence-electron chi connectivity index (χ2n) is 7.71. The summed E-state index contributed by atoms with van der Waals surface area (Å²) in [6.45, 7) is 0.557. The lowest BCUT2D eigenvalue weighted by Crippen LogP contribution is -2.23. The molecule has 5 nitrogen and oxygen atoms in total. The van der Waals surface area contributed by atoms with E-state index < -0.39 is 17.7 Å². The summed E-state index contributed by atoms with van der Waals surface area (Å²) in [5, 5.41) is 0. The molecule has 0 amide bonds. The van der Waals surface area contributed by atoms with Crippen LogP contribution < -0.4 is 9.64 Å². The molecular weight excluding hydrogens is 423 g/mol. The number of ether oxygens (including phenoxy) is 3. The van der Waals surface area contributed by atoms with Gasteiger partial charge in [-0.3, -0.25) is 0 Å². The lowest BCUT2D eigenvalue weighted by Gasteiger charge is -2.24. The van der Waals surface area contributed by atoms with E-state index in [4.69, 9.17) is 14.2 Å². The molecule has 0 aliphatic heterocycles. The van der Waals surface area contributed by atoms with Crippen LogP contribution in [0.25, 0.3) is 5.57 Å². The molecule has 0 aromatic heterocycles. The van der Waals surface area contributed by atoms with E-state index in [-0.39, 0.29) is 23.6 Å². The quantitative estimate of drug-likeness (QED) is 0.296. The highest BCUT2D eigenvalue weighted by Gasteiger charge is 2.36. The van der Waals surface area contributed by atoms with Gasteiger partial charge in [0.05, 0.1) is 26.0 Å². The fourth-order valence-corrected chi connectivity index (χ4v) is 3.47. The van der Waals surface area contributed by atoms with Gasteiger partial charge >= 0.3 is 12.1 Å². The number of alkyl halides is 3. The van der Waals surface area contributed by atoms with E-state index >= 15 is 0 Å². The number of hydrogen-bond acceptors (Lipinski definition) is 5. The van der Waals surface area contributed by atoms with Gasteiger partial charge in [0.1, 0.15) is 17.9 Å². The zero-order chi connectivity index (χ0) is 23.3. The molecule has 0 heterocycles. The summed E-state index contributed by atoms with van der Waals surface area (Å²) < 4.78 is 56.7. The van der Waals surface area contributed by atoms with Crippen molar-refractivity contribution in [2.24, 2.45) is 5.92 Å². The molecule has 0 bridgehead atoms. The van der Waals surface area contributed by atoms with E-state index in [0.717, 1.165) is 18.9 Å². The van der Waals surface area contributed by atoms with Crippen LogP contribution in [0.5, 0.6) is 5.75 Å². The third kappa shape index (κ3) is 5.75. The smallest absolute Gasteiger partial charge is 0.418 e. The van der Waals surface area contributed by atoms with Gasteiger partial charge in [0.15, 0.2) is 0 Å². The first-order valence-electron chi connectivity index (χ1n) is 10.2. The number of carbonyl (C=O) groups is 1. The highest BCUT2D eigenvalue weighted by Crippen LogP contribution is 2.40. The Hall–Kier alpha value is -3.16. The second-order valence-corrected chi connectivity index (χ2v) is 7.71. The Balaban J connectivity index is 1.84. The molecule has 0 radical (unpaired) electrons. The number of halogens is 3. The molecular formula is C24H26F3NO4. The molecule has 0 unspecified atom stereocenters. The summed E-state index contributed by atoms with van der Waals surface area (Å²) >= 11 is 0. The third-order valence-electron chi connectivity index (χ3n) is 5.26. The zero-order valence-corrected chi connectivity index (χ0v) is 18.2. The van der Waals surface area contributed by atoms with Crippen molar-refractivity contribution >= 4 is 17.2 Å². The molecule has 0 spiro atoms. The fourth-order valence-electron chi connectivity index (χ4n) is 3.47. The van der Waals surface area contributed by atoms with E-state index in [9.17, 15) is 18.0 Å². The first kappa shape index (κ1) is 23.5. The first-order valence-corrected chi connectivity index (χ1v) is 10.2. The van der Waals surface area contributed by atoms with Gasteiger partial charge in [-0.15, -0.1) is 0 Å². The van der Waals surface area contributed by atoms with Gasteiger partial charge in [-0.2, -0.15) is 13.2 Å². The Bertz CT molecular complexity index is 983. The highest BCUT2D eigenvalue weighted by molar-refractivity contribution is 6.16. The van der Waals surface area contributed by atoms with Crippen molar-refractivity contribution in [1.82, 2.24) is 0 Å². The SMILES string of the molecule is COC=C(C(=O)OC)c1ccccc1COc1ccc(N(C)CC2CC2)c(C(F)(F)F)c1. The number of methoxy groups -OCH3 is 2. The van der Waals surface area contributed by atoms with Crippen molar-refractivity contribution in [2.75, 3.05) is 32.7 Å². The Labute approximate surface area is 185 Å². The van der Waals surface area contributed by atoms with Crippen LogP contribution in [-0.4, -0.2) is 33.8 Å². The molecule has 1 aliphatic carbocycles. The topological polar surface area (TPSA) is 48.0 Å². The van der Waals surface area contributed by atoms with Crippen LogP contribution in [0.3, 0.4) is 0 Å². The van der Waals surface area contributed by atoms with Gasteiger partial charge in [-0.05, 0) is 48.1 Å². The molecule has 2 aromatic rings. The summed E-state index contributed by atoms with van der Waals surface area (Å²) in [4.78, 5) is 13.8. The Morgan fingerprint density at radius 1 is 1.16 bits per heavy atom. The molecule has 32 heavy (non-hydrogen) atoms. The van der Waals surface area contributed by atoms with Crippen LogP contribution >= 0.6 is 0 Å². The van der Waals surface area contributed by atoms with Gasteiger partial charge in [-0.1, -0.05) is 24.3 Å². The first-order chi connectivity index (χ1) is 15.2. The Morgan fingerprint density at radius 2 is 1.88 bits per heavy atom. The number of rotatable bonds is 9. The van der Waals surface area contributed by atoms with E-state index in [1.54, 1.807) is 36.2 Å². The van der Waals surface area contributed by atoms with Crippen molar-refractivity contribution < 1.29 is 32.2 Å². The number of hydrogen-bond donors (Lipinski definition) is 0. The molecule has 0 N–H and O–H groups in total. The van der Waals surface area contributed by atoms with Gasteiger partial charge in [0.25, 0.3) is 0 Å². The molecule has 3 rings (SSSR count). The Kier molecular flexibility index (Phi) is 7.33. The normalized spacial score (nSPS) is 14.1. The van der Waals surface area contributed by atoms with E-state index in [1.165, 1.54) is 32.6 Å². The molecule has 0 saturated heterocycles. The molecule has 172 valence electrons. The molecule has 2 aromatic carbocycles. The number of esters is 1. The second kappa shape index (κ2) is 9.97. The maximum atomic E-state index is 13.7. The average molecular weight is 449 g/mol. The monoisotopic (exact) mass is 449 g/mol. The van der Waals surface area contributed by atoms with Gasteiger partial charge < -0.3 is 19.1 Å². The van der Waals surface area contributed by atoms with Gasteiger partial charge in [-0.25, -0.2) is 4.79 Å². The van der Waals surface area contributed by atoms with Crippen LogP contribution in [0, 0.1) is 5.92 Å². The third-order valence-corrected chi connectivity index (χ3v) is 5.26. The summed E-state index contributed by atoms with van der Waals surface area (Å²) in [6.07, 6.45) is -1.14. The number of anilines is 1. The predicted molar refractivity (Wildman–Crippen MR) is 115 cm³/mol. The van der Waals surface area contributed by atoms with E-state index in [2.05, 4.69) is 0 Å². The maximum Gasteiger partial charge on any atom is 0.418 e. The largest absolute Gasteiger partial charge is 0.503 e. The average Bonchev–Trinajstić information content (AvgIpc) is 3.59. The van der Waals surface area contributed by atoms with Crippen LogP contribution in [0.15, 0.2) is 48.7 Å². The minimum Gasteiger partial charge on any atom is -0.503 e. The molecule has 0 atom stereocenters. The highest BCUT2D eigenvalue weighted by atomic mass is 19.4. The summed E-state index contributed by atoms with van der Waals surface area (Å²) in [7, 11) is 4.34. The lowest BCUT2D eigenvalue weighted by molar-refractivity contribution is -0.137. The van der Waals surface area contributed by atoms with Gasteiger partial charge in [0, 0.05) is 19.3 Å². The van der Waals surface area contributed by atoms with E-state index in [1.807, 2.05) is 0 Å². The maximum absolute atomic E-state index is 13.7. The summed E-state index contributed by atoms with van der Waals surface area (Å²) in [6, 6.07) is 10.9. The van der Waals surface area contributed by atoms with Crippen LogP contribution in [-0.2, 0) is 27.1 Å². The summed E-state index contributed by atoms with van der Waals surface area (Å²) in [5.41, 5.74) is 0.694. The van der Waals surface area contributed by atoms with Crippen LogP contribution in [0.4, 0.5) is 18.9 Å². The number of nitrogens with zero attached hydrogens (tertiary/aromatic N) is 1. The molecule has 1 saturated carbocycles. The lowest BCUT2D eigenvalue weighted by atomic mass is 10.0. The number of carbonyl (C=O) groups excluding carboxylic acids is 1. The standard InChI is InChI=1S/C24H26F3NO4/c1-28(13-16-8-9-16)22-11-10-18(12-21(22)24(25,26)27)32-14-17-6-4-5-7-19(17)20(15-30-2)23(29)31-3/h4-7,10-12,15-16H,8-9,13-14H2,1-3H3. The van der Waals surface area contributed by atoms with Crippen molar-refractivity contribution in [3.63, 3.8) is 0 Å². The minimum atomic E-state index is -4.51. The Morgan fingerprint density at radius 3 is 2.50 bits per heavy atom. The van der Waals surface area contributed by atoms with E-state index in [0.29, 0.717) is 23.6 Å². The van der Waals surface area contributed by atoms with Crippen molar-refractivity contribution in [3.8, 4) is 5.75 Å². The zero-order valence-electron chi connectivity index (χ0n) is 18.2.